The average molecular weight is 429 g/mol. The topological polar surface area (TPSA) is 77.3 Å². The lowest BCUT2D eigenvalue weighted by atomic mass is 10.0. The number of hydrogen-bond acceptors (Lipinski definition) is 6. The molecule has 1 fully saturated rings. The summed E-state index contributed by atoms with van der Waals surface area (Å²) >= 11 is 5.70. The molecular weight excluding hydrogens is 411 g/mol. The maximum absolute atomic E-state index is 13.8. The van der Waals surface area contributed by atoms with Gasteiger partial charge in [0.15, 0.2) is 5.78 Å². The Hall–Kier alpha value is -3.10. The number of ketones is 1. The second kappa shape index (κ2) is 8.33. The summed E-state index contributed by atoms with van der Waals surface area (Å²) in [5.41, 5.74) is 1.24. The fourth-order valence-electron chi connectivity index (χ4n) is 3.31. The van der Waals surface area contributed by atoms with Crippen molar-refractivity contribution in [2.24, 2.45) is 7.05 Å². The first-order valence-corrected chi connectivity index (χ1v) is 9.66. The van der Waals surface area contributed by atoms with Crippen molar-refractivity contribution >= 4 is 23.3 Å². The first-order valence-electron chi connectivity index (χ1n) is 9.28. The summed E-state index contributed by atoms with van der Waals surface area (Å²) in [6.07, 6.45) is 2.44. The van der Waals surface area contributed by atoms with Crippen LogP contribution in [0.15, 0.2) is 53.6 Å². The predicted octanol–water partition coefficient (Wildman–Crippen LogP) is 2.72. The van der Waals surface area contributed by atoms with Gasteiger partial charge in [-0.2, -0.15) is 0 Å². The lowest BCUT2D eigenvalue weighted by molar-refractivity contribution is 0.0336. The summed E-state index contributed by atoms with van der Waals surface area (Å²) in [5.74, 6) is -0.590. The number of ether oxygens (including phenoxy) is 1. The molecule has 154 valence electrons. The van der Waals surface area contributed by atoms with Gasteiger partial charge in [0, 0.05) is 43.2 Å². The summed E-state index contributed by atoms with van der Waals surface area (Å²) in [4.78, 5) is 35.8. The zero-order valence-corrected chi connectivity index (χ0v) is 16.8. The summed E-state index contributed by atoms with van der Waals surface area (Å²) in [6, 6.07) is 8.91. The molecule has 1 aliphatic heterocycles. The van der Waals surface area contributed by atoms with Crippen LogP contribution in [0.4, 0.5) is 10.3 Å². The highest BCUT2D eigenvalue weighted by Gasteiger charge is 2.30. The van der Waals surface area contributed by atoms with Gasteiger partial charge in [-0.25, -0.2) is 9.37 Å². The molecule has 1 aliphatic rings. The lowest BCUT2D eigenvalue weighted by Crippen LogP contribution is -2.48. The van der Waals surface area contributed by atoms with Crippen LogP contribution in [0.3, 0.4) is 0 Å². The standard InChI is InChI=1S/C21H18ClFN4O3/c1-26-19(28)11-17(13-4-6-24-7-5-13)25-21(26)27-8-9-30-18(12-27)20(29)14-2-3-15(22)16(23)10-14/h2-7,10-11,18H,8-9,12H2,1H3. The van der Waals surface area contributed by atoms with E-state index in [1.165, 1.54) is 22.8 Å². The fraction of sp³-hybridized carbons (Fsp3) is 0.238. The van der Waals surface area contributed by atoms with Crippen molar-refractivity contribution in [2.45, 2.75) is 6.10 Å². The van der Waals surface area contributed by atoms with E-state index in [0.717, 1.165) is 11.6 Å². The van der Waals surface area contributed by atoms with E-state index in [9.17, 15) is 14.0 Å². The summed E-state index contributed by atoms with van der Waals surface area (Å²) in [6.45, 7) is 0.907. The molecule has 1 aromatic carbocycles. The molecule has 1 atom stereocenters. The Labute approximate surface area is 176 Å². The molecule has 0 amide bonds. The van der Waals surface area contributed by atoms with E-state index >= 15 is 0 Å². The van der Waals surface area contributed by atoms with Gasteiger partial charge in [0.25, 0.3) is 5.56 Å². The van der Waals surface area contributed by atoms with Gasteiger partial charge in [-0.05, 0) is 30.3 Å². The highest BCUT2D eigenvalue weighted by Crippen LogP contribution is 2.22. The largest absolute Gasteiger partial charge is 0.366 e. The Morgan fingerprint density at radius 2 is 2.00 bits per heavy atom. The molecule has 9 heteroatoms. The van der Waals surface area contributed by atoms with E-state index in [1.807, 2.05) is 4.90 Å². The van der Waals surface area contributed by atoms with Crippen LogP contribution in [-0.4, -0.2) is 46.1 Å². The van der Waals surface area contributed by atoms with Crippen molar-refractivity contribution in [1.29, 1.82) is 0 Å². The van der Waals surface area contributed by atoms with Gasteiger partial charge in [-0.1, -0.05) is 11.6 Å². The van der Waals surface area contributed by atoms with E-state index < -0.39 is 11.9 Å². The SMILES string of the molecule is Cn1c(N2CCOC(C(=O)c3ccc(Cl)c(F)c3)C2)nc(-c2ccncc2)cc1=O. The molecule has 0 saturated carbocycles. The van der Waals surface area contributed by atoms with Crippen LogP contribution >= 0.6 is 11.6 Å². The smallest absolute Gasteiger partial charge is 0.255 e. The third-order valence-corrected chi connectivity index (χ3v) is 5.24. The van der Waals surface area contributed by atoms with Crippen molar-refractivity contribution < 1.29 is 13.9 Å². The second-order valence-corrected chi connectivity index (χ2v) is 7.28. The molecular formula is C21H18ClFN4O3. The van der Waals surface area contributed by atoms with E-state index in [0.29, 0.717) is 18.2 Å². The van der Waals surface area contributed by atoms with E-state index in [1.54, 1.807) is 31.6 Å². The normalized spacial score (nSPS) is 16.5. The number of carbonyl (C=O) groups is 1. The second-order valence-electron chi connectivity index (χ2n) is 6.87. The van der Waals surface area contributed by atoms with Crippen LogP contribution in [0.5, 0.6) is 0 Å². The Morgan fingerprint density at radius 1 is 1.23 bits per heavy atom. The molecule has 0 radical (unpaired) electrons. The third-order valence-electron chi connectivity index (χ3n) is 4.93. The number of hydrogen-bond donors (Lipinski definition) is 0. The van der Waals surface area contributed by atoms with Crippen molar-refractivity contribution in [3.8, 4) is 11.3 Å². The molecule has 1 saturated heterocycles. The first-order chi connectivity index (χ1) is 14.4. The lowest BCUT2D eigenvalue weighted by Gasteiger charge is -2.33. The van der Waals surface area contributed by atoms with Gasteiger partial charge >= 0.3 is 0 Å². The number of Topliss-reactive ketones (excluding diaryl/α,β-unsaturated/α-hetero) is 1. The van der Waals surface area contributed by atoms with E-state index in [-0.39, 0.29) is 35.1 Å². The molecule has 7 nitrogen and oxygen atoms in total. The van der Waals surface area contributed by atoms with Crippen LogP contribution in [-0.2, 0) is 11.8 Å². The first kappa shape index (κ1) is 20.2. The number of nitrogens with zero attached hydrogens (tertiary/aromatic N) is 4. The number of aromatic nitrogens is 3. The highest BCUT2D eigenvalue weighted by atomic mass is 35.5. The van der Waals surface area contributed by atoms with Crippen molar-refractivity contribution in [3.63, 3.8) is 0 Å². The summed E-state index contributed by atoms with van der Waals surface area (Å²) < 4.78 is 20.8. The predicted molar refractivity (Wildman–Crippen MR) is 110 cm³/mol. The number of carbonyl (C=O) groups excluding carboxylic acids is 1. The van der Waals surface area contributed by atoms with Gasteiger partial charge in [0.05, 0.1) is 23.9 Å². The van der Waals surface area contributed by atoms with Gasteiger partial charge in [0.1, 0.15) is 11.9 Å². The molecule has 30 heavy (non-hydrogen) atoms. The fourth-order valence-corrected chi connectivity index (χ4v) is 3.42. The molecule has 0 N–H and O–H groups in total. The number of pyridine rings is 1. The van der Waals surface area contributed by atoms with Crippen LogP contribution in [0.2, 0.25) is 5.02 Å². The van der Waals surface area contributed by atoms with Gasteiger partial charge < -0.3 is 9.64 Å². The molecule has 1 unspecified atom stereocenters. The minimum absolute atomic E-state index is 0.0511. The van der Waals surface area contributed by atoms with E-state index in [2.05, 4.69) is 9.97 Å². The Balaban J connectivity index is 1.63. The minimum atomic E-state index is -0.819. The molecule has 3 heterocycles. The minimum Gasteiger partial charge on any atom is -0.366 e. The maximum atomic E-state index is 13.8. The monoisotopic (exact) mass is 428 g/mol. The van der Waals surface area contributed by atoms with Crippen LogP contribution < -0.4 is 10.5 Å². The summed E-state index contributed by atoms with van der Waals surface area (Å²) in [5, 5.41) is -0.0511. The van der Waals surface area contributed by atoms with Gasteiger partial charge in [0.2, 0.25) is 5.95 Å². The van der Waals surface area contributed by atoms with Crippen LogP contribution in [0.1, 0.15) is 10.4 Å². The van der Waals surface area contributed by atoms with Gasteiger partial charge in [-0.15, -0.1) is 0 Å². The number of morpholine rings is 1. The van der Waals surface area contributed by atoms with Crippen LogP contribution in [0.25, 0.3) is 11.3 Å². The van der Waals surface area contributed by atoms with Gasteiger partial charge in [-0.3, -0.25) is 19.1 Å². The maximum Gasteiger partial charge on any atom is 0.255 e. The Morgan fingerprint density at radius 3 is 2.73 bits per heavy atom. The average Bonchev–Trinajstić information content (AvgIpc) is 2.77. The zero-order chi connectivity index (χ0) is 21.3. The molecule has 0 bridgehead atoms. The van der Waals surface area contributed by atoms with Crippen molar-refractivity contribution in [2.75, 3.05) is 24.6 Å². The van der Waals surface area contributed by atoms with Crippen molar-refractivity contribution in [1.82, 2.24) is 14.5 Å². The summed E-state index contributed by atoms with van der Waals surface area (Å²) in [7, 11) is 1.63. The third kappa shape index (κ3) is 3.96. The van der Waals surface area contributed by atoms with Crippen molar-refractivity contribution in [3.05, 3.63) is 75.5 Å². The Kier molecular flexibility index (Phi) is 5.61. The van der Waals surface area contributed by atoms with E-state index in [4.69, 9.17) is 16.3 Å². The van der Waals surface area contributed by atoms with Crippen LogP contribution in [0, 0.1) is 5.82 Å². The molecule has 0 aliphatic carbocycles. The molecule has 0 spiro atoms. The number of anilines is 1. The number of rotatable bonds is 4. The molecule has 3 aromatic rings. The highest BCUT2D eigenvalue weighted by molar-refractivity contribution is 6.30. The number of benzene rings is 1. The molecule has 2 aromatic heterocycles. The quantitative estimate of drug-likeness (QED) is 0.595. The Bertz CT molecular complexity index is 1150. The molecule has 4 rings (SSSR count). The number of halogens is 2. The zero-order valence-electron chi connectivity index (χ0n) is 16.1.